The minimum absolute atomic E-state index is 0.477. The molecule has 0 saturated heterocycles. The molecule has 0 fully saturated rings. The molecule has 0 saturated carbocycles. The van der Waals surface area contributed by atoms with Crippen molar-refractivity contribution in [3.8, 4) is 5.75 Å². The molecule has 2 rings (SSSR count). The third-order valence-corrected chi connectivity index (χ3v) is 2.32. The van der Waals surface area contributed by atoms with E-state index in [0.29, 0.717) is 12.4 Å². The molecule has 5 nitrogen and oxygen atoms in total. The van der Waals surface area contributed by atoms with Crippen LogP contribution in [0.3, 0.4) is 0 Å². The molecule has 5 heteroatoms. The van der Waals surface area contributed by atoms with E-state index >= 15 is 0 Å². The Morgan fingerprint density at radius 3 is 2.94 bits per heavy atom. The van der Waals surface area contributed by atoms with Crippen molar-refractivity contribution in [1.82, 2.24) is 14.8 Å². The summed E-state index contributed by atoms with van der Waals surface area (Å²) >= 11 is 0. The van der Waals surface area contributed by atoms with Gasteiger partial charge in [-0.25, -0.2) is 4.98 Å². The second kappa shape index (κ2) is 5.34. The first-order valence-electron chi connectivity index (χ1n) is 5.63. The predicted octanol–water partition coefficient (Wildman–Crippen LogP) is 1.85. The lowest BCUT2D eigenvalue weighted by molar-refractivity contribution is 0.305. The highest BCUT2D eigenvalue weighted by Gasteiger charge is 2.00. The fourth-order valence-corrected chi connectivity index (χ4v) is 1.46. The molecule has 0 spiro atoms. The van der Waals surface area contributed by atoms with Gasteiger partial charge >= 0.3 is 0 Å². The van der Waals surface area contributed by atoms with Crippen LogP contribution < -0.4 is 10.5 Å². The molecule has 0 amide bonds. The van der Waals surface area contributed by atoms with Crippen molar-refractivity contribution in [2.75, 3.05) is 5.73 Å². The molecule has 2 N–H and O–H groups in total. The molecular formula is C12H16N4O. The SMILES string of the molecule is CCCn1cc(OCc2ccc(N)nc2)cn1. The number of ether oxygens (including phenoxy) is 1. The van der Waals surface area contributed by atoms with E-state index in [1.165, 1.54) is 0 Å². The maximum absolute atomic E-state index is 5.59. The molecule has 0 unspecified atom stereocenters. The van der Waals surface area contributed by atoms with Gasteiger partial charge in [0, 0.05) is 18.3 Å². The summed E-state index contributed by atoms with van der Waals surface area (Å²) in [6, 6.07) is 3.66. The van der Waals surface area contributed by atoms with Crippen LogP contribution >= 0.6 is 0 Å². The fourth-order valence-electron chi connectivity index (χ4n) is 1.46. The second-order valence-corrected chi connectivity index (χ2v) is 3.82. The van der Waals surface area contributed by atoms with Crippen molar-refractivity contribution < 1.29 is 4.74 Å². The first-order valence-corrected chi connectivity index (χ1v) is 5.63. The maximum Gasteiger partial charge on any atom is 0.157 e. The number of nitrogens with two attached hydrogens (primary N) is 1. The molecular weight excluding hydrogens is 216 g/mol. The summed E-state index contributed by atoms with van der Waals surface area (Å²) in [6.07, 6.45) is 6.39. The Balaban J connectivity index is 1.90. The molecule has 0 aliphatic rings. The minimum atomic E-state index is 0.477. The monoisotopic (exact) mass is 232 g/mol. The number of aromatic nitrogens is 3. The van der Waals surface area contributed by atoms with E-state index in [-0.39, 0.29) is 0 Å². The quantitative estimate of drug-likeness (QED) is 0.854. The third kappa shape index (κ3) is 3.21. The van der Waals surface area contributed by atoms with Gasteiger partial charge in [-0.05, 0) is 12.5 Å². The van der Waals surface area contributed by atoms with Gasteiger partial charge in [-0.1, -0.05) is 13.0 Å². The summed E-state index contributed by atoms with van der Waals surface area (Å²) in [5.41, 5.74) is 6.49. The van der Waals surface area contributed by atoms with E-state index in [1.807, 2.05) is 16.9 Å². The number of pyridine rings is 1. The number of nitrogen functional groups attached to an aromatic ring is 1. The van der Waals surface area contributed by atoms with Gasteiger partial charge in [0.2, 0.25) is 0 Å². The van der Waals surface area contributed by atoms with Crippen LogP contribution in [0, 0.1) is 0 Å². The molecule has 2 heterocycles. The Morgan fingerprint density at radius 2 is 2.24 bits per heavy atom. The Hall–Kier alpha value is -2.04. The second-order valence-electron chi connectivity index (χ2n) is 3.82. The van der Waals surface area contributed by atoms with E-state index in [2.05, 4.69) is 17.0 Å². The van der Waals surface area contributed by atoms with E-state index in [4.69, 9.17) is 10.5 Å². The van der Waals surface area contributed by atoms with Crippen LogP contribution in [0.1, 0.15) is 18.9 Å². The topological polar surface area (TPSA) is 66.0 Å². The van der Waals surface area contributed by atoms with Gasteiger partial charge in [0.05, 0.1) is 12.4 Å². The zero-order chi connectivity index (χ0) is 12.1. The highest BCUT2D eigenvalue weighted by molar-refractivity contribution is 5.29. The van der Waals surface area contributed by atoms with Gasteiger partial charge in [-0.15, -0.1) is 0 Å². The number of anilines is 1. The van der Waals surface area contributed by atoms with Crippen molar-refractivity contribution in [1.29, 1.82) is 0 Å². The van der Waals surface area contributed by atoms with Crippen LogP contribution in [-0.4, -0.2) is 14.8 Å². The molecule has 0 bridgehead atoms. The zero-order valence-corrected chi connectivity index (χ0v) is 9.84. The van der Waals surface area contributed by atoms with Crippen LogP contribution in [0.4, 0.5) is 5.82 Å². The summed E-state index contributed by atoms with van der Waals surface area (Å²) in [5, 5.41) is 4.19. The van der Waals surface area contributed by atoms with Crippen LogP contribution in [0.5, 0.6) is 5.75 Å². The van der Waals surface area contributed by atoms with Gasteiger partial charge in [-0.2, -0.15) is 5.10 Å². The van der Waals surface area contributed by atoms with Crippen molar-refractivity contribution in [3.63, 3.8) is 0 Å². The predicted molar refractivity (Wildman–Crippen MR) is 65.5 cm³/mol. The van der Waals surface area contributed by atoms with Gasteiger partial charge in [-0.3, -0.25) is 4.68 Å². The first kappa shape index (κ1) is 11.4. The minimum Gasteiger partial charge on any atom is -0.486 e. The normalized spacial score (nSPS) is 10.4. The van der Waals surface area contributed by atoms with E-state index in [1.54, 1.807) is 18.5 Å². The molecule has 90 valence electrons. The third-order valence-electron chi connectivity index (χ3n) is 2.32. The molecule has 0 radical (unpaired) electrons. The standard InChI is InChI=1S/C12H16N4O/c1-2-5-16-8-11(7-15-16)17-9-10-3-4-12(13)14-6-10/h3-4,6-8H,2,5,9H2,1H3,(H2,13,14). The van der Waals surface area contributed by atoms with Crippen LogP contribution in [0.15, 0.2) is 30.7 Å². The van der Waals surface area contributed by atoms with Crippen LogP contribution in [-0.2, 0) is 13.2 Å². The lowest BCUT2D eigenvalue weighted by atomic mass is 10.3. The van der Waals surface area contributed by atoms with Gasteiger partial charge < -0.3 is 10.5 Å². The van der Waals surface area contributed by atoms with Crippen molar-refractivity contribution in [2.24, 2.45) is 0 Å². The number of rotatable bonds is 5. The highest BCUT2D eigenvalue weighted by Crippen LogP contribution is 2.11. The van der Waals surface area contributed by atoms with Crippen LogP contribution in [0.25, 0.3) is 0 Å². The lowest BCUT2D eigenvalue weighted by Gasteiger charge is -2.03. The summed E-state index contributed by atoms with van der Waals surface area (Å²) in [4.78, 5) is 4.00. The molecule has 0 aliphatic carbocycles. The number of hydrogen-bond donors (Lipinski definition) is 1. The average molecular weight is 232 g/mol. The number of nitrogens with zero attached hydrogens (tertiary/aromatic N) is 3. The Morgan fingerprint density at radius 1 is 1.35 bits per heavy atom. The number of aryl methyl sites for hydroxylation is 1. The Kier molecular flexibility index (Phi) is 3.59. The van der Waals surface area contributed by atoms with E-state index < -0.39 is 0 Å². The lowest BCUT2D eigenvalue weighted by Crippen LogP contribution is -1.97. The molecule has 0 atom stereocenters. The first-order chi connectivity index (χ1) is 8.28. The molecule has 2 aromatic rings. The van der Waals surface area contributed by atoms with Gasteiger partial charge in [0.15, 0.2) is 5.75 Å². The van der Waals surface area contributed by atoms with Gasteiger partial charge in [0.1, 0.15) is 12.4 Å². The smallest absolute Gasteiger partial charge is 0.157 e. The van der Waals surface area contributed by atoms with Crippen molar-refractivity contribution in [2.45, 2.75) is 26.5 Å². The summed E-state index contributed by atoms with van der Waals surface area (Å²) in [6.45, 7) is 3.50. The summed E-state index contributed by atoms with van der Waals surface area (Å²) in [7, 11) is 0. The molecule has 0 aliphatic heterocycles. The average Bonchev–Trinajstić information content (AvgIpc) is 2.77. The van der Waals surface area contributed by atoms with E-state index in [0.717, 1.165) is 24.3 Å². The summed E-state index contributed by atoms with van der Waals surface area (Å²) in [5.74, 6) is 1.29. The maximum atomic E-state index is 5.59. The Labute approximate surface area is 100 Å². The number of hydrogen-bond acceptors (Lipinski definition) is 4. The Bertz CT molecular complexity index is 464. The van der Waals surface area contributed by atoms with Crippen LogP contribution in [0.2, 0.25) is 0 Å². The van der Waals surface area contributed by atoms with Crippen molar-refractivity contribution >= 4 is 5.82 Å². The highest BCUT2D eigenvalue weighted by atomic mass is 16.5. The fraction of sp³-hybridized carbons (Fsp3) is 0.333. The van der Waals surface area contributed by atoms with E-state index in [9.17, 15) is 0 Å². The molecule has 2 aromatic heterocycles. The largest absolute Gasteiger partial charge is 0.486 e. The molecule has 17 heavy (non-hydrogen) atoms. The zero-order valence-electron chi connectivity index (χ0n) is 9.84. The van der Waals surface area contributed by atoms with Crippen molar-refractivity contribution in [3.05, 3.63) is 36.3 Å². The molecule has 0 aromatic carbocycles. The van der Waals surface area contributed by atoms with Gasteiger partial charge in [0.25, 0.3) is 0 Å². The summed E-state index contributed by atoms with van der Waals surface area (Å²) < 4.78 is 7.47.